The predicted molar refractivity (Wildman–Crippen MR) is 68.7 cm³/mol. The average molecular weight is 216 g/mol. The van der Waals surface area contributed by atoms with E-state index in [4.69, 9.17) is 5.73 Å². The molecule has 0 aliphatic heterocycles. The summed E-state index contributed by atoms with van der Waals surface area (Å²) in [6.45, 7) is 10.6. The van der Waals surface area contributed by atoms with E-state index in [2.05, 4.69) is 26.9 Å². The van der Waals surface area contributed by atoms with Gasteiger partial charge in [0, 0.05) is 39.2 Å². The summed E-state index contributed by atoms with van der Waals surface area (Å²) in [7, 11) is -0.782. The van der Waals surface area contributed by atoms with Crippen LogP contribution in [-0.2, 0) is 0 Å². The summed E-state index contributed by atoms with van der Waals surface area (Å²) < 4.78 is 0. The van der Waals surface area contributed by atoms with Gasteiger partial charge in [-0.1, -0.05) is 19.8 Å². The highest BCUT2D eigenvalue weighted by molar-refractivity contribution is 7.74. The van der Waals surface area contributed by atoms with Crippen molar-refractivity contribution in [2.75, 3.05) is 26.5 Å². The normalized spacial score (nSPS) is 23.8. The van der Waals surface area contributed by atoms with Gasteiger partial charge in [-0.2, -0.15) is 0 Å². The summed E-state index contributed by atoms with van der Waals surface area (Å²) in [6.07, 6.45) is 7.08. The lowest BCUT2D eigenvalue weighted by Crippen LogP contribution is -2.39. The van der Waals surface area contributed by atoms with Crippen molar-refractivity contribution in [3.63, 3.8) is 0 Å². The Morgan fingerprint density at radius 3 is 2.00 bits per heavy atom. The highest BCUT2D eigenvalue weighted by Crippen LogP contribution is 2.62. The van der Waals surface area contributed by atoms with E-state index in [1.54, 1.807) is 0 Å². The molecule has 1 aliphatic rings. The molecule has 0 bridgehead atoms. The van der Waals surface area contributed by atoms with Crippen LogP contribution < -0.4 is 5.73 Å². The van der Waals surface area contributed by atoms with Crippen molar-refractivity contribution in [3.8, 4) is 0 Å². The second-order valence-electron chi connectivity index (χ2n) is 5.79. The number of hydrogen-bond acceptors (Lipinski definition) is 1. The highest BCUT2D eigenvalue weighted by Gasteiger charge is 2.48. The van der Waals surface area contributed by atoms with Crippen LogP contribution in [0.25, 0.3) is 0 Å². The van der Waals surface area contributed by atoms with Crippen molar-refractivity contribution in [1.29, 1.82) is 0 Å². The fourth-order valence-corrected chi connectivity index (χ4v) is 6.11. The molecule has 0 aromatic carbocycles. The van der Waals surface area contributed by atoms with E-state index in [0.29, 0.717) is 5.41 Å². The maximum Gasteiger partial charge on any atom is 0.0867 e. The maximum atomic E-state index is 6.03. The largest absolute Gasteiger partial charge is 0.327 e. The molecule has 0 amide bonds. The van der Waals surface area contributed by atoms with Gasteiger partial charge in [-0.3, -0.25) is 0 Å². The molecule has 0 heterocycles. The van der Waals surface area contributed by atoms with Crippen LogP contribution in [0.2, 0.25) is 0 Å². The van der Waals surface area contributed by atoms with Gasteiger partial charge in [-0.05, 0) is 19.3 Å². The Morgan fingerprint density at radius 1 is 1.21 bits per heavy atom. The van der Waals surface area contributed by atoms with Gasteiger partial charge in [-0.15, -0.1) is 0 Å². The van der Waals surface area contributed by atoms with Gasteiger partial charge >= 0.3 is 0 Å². The summed E-state index contributed by atoms with van der Waals surface area (Å²) in [4.78, 5) is 0. The Morgan fingerprint density at radius 2 is 1.71 bits per heavy atom. The standard InChI is InChI=1S/C12H27NP/c1-5-12(8-6-7-9-12)11(10-13)14(2,3)4/h11H,5-10,13H2,1-4H3/q+1. The predicted octanol–water partition coefficient (Wildman–Crippen LogP) is 3.19. The molecule has 2 N–H and O–H groups in total. The molecule has 0 saturated heterocycles. The van der Waals surface area contributed by atoms with E-state index in [-0.39, 0.29) is 0 Å². The van der Waals surface area contributed by atoms with E-state index >= 15 is 0 Å². The molecule has 1 rings (SSSR count). The Kier molecular flexibility index (Phi) is 4.00. The van der Waals surface area contributed by atoms with E-state index in [0.717, 1.165) is 12.2 Å². The van der Waals surface area contributed by atoms with Crippen LogP contribution in [0.5, 0.6) is 0 Å². The fourth-order valence-electron chi connectivity index (χ4n) is 3.39. The summed E-state index contributed by atoms with van der Waals surface area (Å²) in [5, 5.41) is 0. The Hall–Kier alpha value is 0.390. The SMILES string of the molecule is CCC1(C(CN)[P+](C)(C)C)CCCC1. The van der Waals surface area contributed by atoms with Crippen molar-refractivity contribution >= 4 is 7.26 Å². The average Bonchev–Trinajstić information content (AvgIpc) is 2.53. The summed E-state index contributed by atoms with van der Waals surface area (Å²) >= 11 is 0. The summed E-state index contributed by atoms with van der Waals surface area (Å²) in [5.74, 6) is 0. The van der Waals surface area contributed by atoms with Gasteiger partial charge < -0.3 is 5.73 Å². The molecule has 1 atom stereocenters. The van der Waals surface area contributed by atoms with Gasteiger partial charge in [0.15, 0.2) is 0 Å². The molecule has 0 aromatic rings. The summed E-state index contributed by atoms with van der Waals surface area (Å²) in [5.41, 5.74) is 7.45. The maximum absolute atomic E-state index is 6.03. The second-order valence-corrected chi connectivity index (χ2v) is 10.6. The monoisotopic (exact) mass is 216 g/mol. The molecule has 1 saturated carbocycles. The molecule has 0 radical (unpaired) electrons. The number of nitrogens with two attached hydrogens (primary N) is 1. The Balaban J connectivity index is 2.85. The van der Waals surface area contributed by atoms with E-state index < -0.39 is 7.26 Å². The molecule has 1 fully saturated rings. The van der Waals surface area contributed by atoms with Crippen LogP contribution >= 0.6 is 7.26 Å². The first kappa shape index (κ1) is 12.5. The molecule has 1 nitrogen and oxygen atoms in total. The zero-order valence-corrected chi connectivity index (χ0v) is 11.2. The van der Waals surface area contributed by atoms with Crippen molar-refractivity contribution in [1.82, 2.24) is 0 Å². The van der Waals surface area contributed by atoms with Crippen LogP contribution in [-0.4, -0.2) is 32.2 Å². The van der Waals surface area contributed by atoms with E-state index in [9.17, 15) is 0 Å². The molecule has 0 spiro atoms. The van der Waals surface area contributed by atoms with Crippen LogP contribution in [0.4, 0.5) is 0 Å². The lowest BCUT2D eigenvalue weighted by molar-refractivity contribution is 0.271. The smallest absolute Gasteiger partial charge is 0.0867 e. The Bertz CT molecular complexity index is 177. The van der Waals surface area contributed by atoms with Crippen LogP contribution in [0, 0.1) is 5.41 Å². The number of rotatable bonds is 4. The molecule has 2 heteroatoms. The second kappa shape index (κ2) is 4.49. The fraction of sp³-hybridized carbons (Fsp3) is 1.00. The molecule has 1 unspecified atom stereocenters. The highest BCUT2D eigenvalue weighted by atomic mass is 31.2. The molecule has 84 valence electrons. The first-order valence-electron chi connectivity index (χ1n) is 5.97. The third kappa shape index (κ3) is 2.31. The quantitative estimate of drug-likeness (QED) is 0.718. The van der Waals surface area contributed by atoms with Crippen molar-refractivity contribution in [2.24, 2.45) is 11.1 Å². The first-order chi connectivity index (χ1) is 6.46. The topological polar surface area (TPSA) is 26.0 Å². The van der Waals surface area contributed by atoms with Gasteiger partial charge in [0.2, 0.25) is 0 Å². The zero-order valence-electron chi connectivity index (χ0n) is 10.3. The van der Waals surface area contributed by atoms with Gasteiger partial charge in [0.1, 0.15) is 0 Å². The van der Waals surface area contributed by atoms with Crippen LogP contribution in [0.3, 0.4) is 0 Å². The lowest BCUT2D eigenvalue weighted by Gasteiger charge is -2.39. The molecular weight excluding hydrogens is 189 g/mol. The molecule has 14 heavy (non-hydrogen) atoms. The molecule has 1 aliphatic carbocycles. The van der Waals surface area contributed by atoms with Gasteiger partial charge in [0.05, 0.1) is 5.66 Å². The van der Waals surface area contributed by atoms with Crippen LogP contribution in [0.15, 0.2) is 0 Å². The first-order valence-corrected chi connectivity index (χ1v) is 9.17. The van der Waals surface area contributed by atoms with E-state index in [1.807, 2.05) is 0 Å². The van der Waals surface area contributed by atoms with Crippen molar-refractivity contribution in [3.05, 3.63) is 0 Å². The number of hydrogen-bond donors (Lipinski definition) is 1. The van der Waals surface area contributed by atoms with E-state index in [1.165, 1.54) is 32.1 Å². The third-order valence-electron chi connectivity index (χ3n) is 4.17. The third-order valence-corrected chi connectivity index (χ3v) is 6.80. The van der Waals surface area contributed by atoms with Crippen LogP contribution in [0.1, 0.15) is 39.0 Å². The zero-order chi connectivity index (χ0) is 10.8. The van der Waals surface area contributed by atoms with Crippen molar-refractivity contribution in [2.45, 2.75) is 44.7 Å². The minimum atomic E-state index is -0.782. The lowest BCUT2D eigenvalue weighted by atomic mass is 9.80. The molecule has 0 aromatic heterocycles. The van der Waals surface area contributed by atoms with Gasteiger partial charge in [0.25, 0.3) is 0 Å². The molecular formula is C12H27NP+. The summed E-state index contributed by atoms with van der Waals surface area (Å²) in [6, 6.07) is 0. The Labute approximate surface area is 90.2 Å². The minimum Gasteiger partial charge on any atom is -0.327 e. The van der Waals surface area contributed by atoms with Gasteiger partial charge in [-0.25, -0.2) is 0 Å². The minimum absolute atomic E-state index is 0.612. The van der Waals surface area contributed by atoms with Crippen molar-refractivity contribution < 1.29 is 0 Å².